The fraction of sp³-hybridized carbons (Fsp3) is 0.562. The molecule has 0 saturated carbocycles. The van der Waals surface area contributed by atoms with E-state index in [0.717, 1.165) is 18.4 Å². The highest BCUT2D eigenvalue weighted by atomic mass is 16.5. The lowest BCUT2D eigenvalue weighted by Gasteiger charge is -2.19. The van der Waals surface area contributed by atoms with E-state index in [1.807, 2.05) is 30.3 Å². The number of hydrogen-bond donors (Lipinski definition) is 3. The third kappa shape index (κ3) is 4.52. The van der Waals surface area contributed by atoms with E-state index in [-0.39, 0.29) is 30.6 Å². The minimum atomic E-state index is -0.385. The number of carbonyl (C=O) groups excluding carboxylic acids is 1. The van der Waals surface area contributed by atoms with Gasteiger partial charge in [-0.05, 0) is 24.8 Å². The van der Waals surface area contributed by atoms with E-state index in [0.29, 0.717) is 19.5 Å². The van der Waals surface area contributed by atoms with Crippen LogP contribution in [0.3, 0.4) is 0 Å². The van der Waals surface area contributed by atoms with Crippen LogP contribution in [0.1, 0.15) is 30.7 Å². The topological polar surface area (TPSA) is 84.6 Å². The van der Waals surface area contributed by atoms with Gasteiger partial charge in [-0.15, -0.1) is 0 Å². The number of aliphatic hydroxyl groups is 1. The molecule has 21 heavy (non-hydrogen) atoms. The van der Waals surface area contributed by atoms with Crippen LogP contribution in [0.5, 0.6) is 0 Å². The third-order valence-corrected chi connectivity index (χ3v) is 3.93. The normalized spacial score (nSPS) is 23.0. The summed E-state index contributed by atoms with van der Waals surface area (Å²) in [5.74, 6) is 0.0386. The van der Waals surface area contributed by atoms with Gasteiger partial charge in [0.2, 0.25) is 5.91 Å². The molecule has 1 aliphatic rings. The summed E-state index contributed by atoms with van der Waals surface area (Å²) in [5.41, 5.74) is 6.67. The second-order valence-electron chi connectivity index (χ2n) is 5.42. The highest BCUT2D eigenvalue weighted by molar-refractivity contribution is 5.81. The van der Waals surface area contributed by atoms with Crippen LogP contribution in [0.2, 0.25) is 0 Å². The molecule has 0 aliphatic carbocycles. The van der Waals surface area contributed by atoms with Gasteiger partial charge in [-0.25, -0.2) is 0 Å². The van der Waals surface area contributed by atoms with Gasteiger partial charge in [0.25, 0.3) is 0 Å². The summed E-state index contributed by atoms with van der Waals surface area (Å²) in [6, 6.07) is 9.92. The van der Waals surface area contributed by atoms with Crippen LogP contribution in [0.4, 0.5) is 0 Å². The first-order valence-corrected chi connectivity index (χ1v) is 7.53. The van der Waals surface area contributed by atoms with Crippen LogP contribution >= 0.6 is 0 Å². The van der Waals surface area contributed by atoms with Gasteiger partial charge in [-0.2, -0.15) is 0 Å². The minimum Gasteiger partial charge on any atom is -0.396 e. The number of rotatable bonds is 7. The molecule has 1 heterocycles. The van der Waals surface area contributed by atoms with Crippen molar-refractivity contribution in [3.8, 4) is 0 Å². The molecule has 0 bridgehead atoms. The average Bonchev–Trinajstić information content (AvgIpc) is 3.01. The fourth-order valence-corrected chi connectivity index (χ4v) is 2.68. The molecule has 1 amide bonds. The Kier molecular flexibility index (Phi) is 6.17. The maximum atomic E-state index is 12.1. The minimum absolute atomic E-state index is 0.00288. The summed E-state index contributed by atoms with van der Waals surface area (Å²) in [6.45, 7) is 1.07. The number of hydrogen-bond acceptors (Lipinski definition) is 4. The zero-order valence-corrected chi connectivity index (χ0v) is 12.2. The summed E-state index contributed by atoms with van der Waals surface area (Å²) in [7, 11) is 0. The molecule has 5 heteroatoms. The van der Waals surface area contributed by atoms with E-state index in [2.05, 4.69) is 5.32 Å². The second-order valence-corrected chi connectivity index (χ2v) is 5.42. The zero-order chi connectivity index (χ0) is 15.1. The summed E-state index contributed by atoms with van der Waals surface area (Å²) in [5, 5.41) is 12.1. The van der Waals surface area contributed by atoms with Gasteiger partial charge in [-0.1, -0.05) is 30.3 Å². The van der Waals surface area contributed by atoms with Gasteiger partial charge in [0.1, 0.15) is 6.10 Å². The van der Waals surface area contributed by atoms with Crippen molar-refractivity contribution in [3.05, 3.63) is 35.9 Å². The lowest BCUT2D eigenvalue weighted by Crippen LogP contribution is -2.37. The van der Waals surface area contributed by atoms with Gasteiger partial charge in [0.05, 0.1) is 6.10 Å². The van der Waals surface area contributed by atoms with E-state index in [1.165, 1.54) is 0 Å². The van der Waals surface area contributed by atoms with Crippen molar-refractivity contribution in [2.75, 3.05) is 19.7 Å². The fourth-order valence-electron chi connectivity index (χ4n) is 2.68. The van der Waals surface area contributed by atoms with Gasteiger partial charge in [-0.3, -0.25) is 4.79 Å². The standard InChI is InChI=1S/C16H24N2O3/c17-10-14-6-7-15(21-14)16(20)18-11-13(8-9-19)12-4-2-1-3-5-12/h1-5,13-15,19H,6-11,17H2,(H,18,20)/t13?,14-,15+/m1/s1. The van der Waals surface area contributed by atoms with Gasteiger partial charge in [0, 0.05) is 25.6 Å². The first-order valence-electron chi connectivity index (χ1n) is 7.53. The molecule has 0 radical (unpaired) electrons. The summed E-state index contributed by atoms with van der Waals surface area (Å²) in [6.07, 6.45) is 1.81. The Morgan fingerprint density at radius 2 is 2.14 bits per heavy atom. The van der Waals surface area contributed by atoms with Crippen molar-refractivity contribution in [3.63, 3.8) is 0 Å². The smallest absolute Gasteiger partial charge is 0.249 e. The molecule has 0 aromatic heterocycles. The highest BCUT2D eigenvalue weighted by Crippen LogP contribution is 2.21. The van der Waals surface area contributed by atoms with Crippen molar-refractivity contribution in [1.82, 2.24) is 5.32 Å². The van der Waals surface area contributed by atoms with E-state index in [1.54, 1.807) is 0 Å². The van der Waals surface area contributed by atoms with Crippen molar-refractivity contribution in [2.24, 2.45) is 5.73 Å². The van der Waals surface area contributed by atoms with Crippen molar-refractivity contribution in [1.29, 1.82) is 0 Å². The van der Waals surface area contributed by atoms with Crippen molar-refractivity contribution < 1.29 is 14.6 Å². The Bertz CT molecular complexity index is 438. The van der Waals surface area contributed by atoms with E-state index in [4.69, 9.17) is 10.5 Å². The number of carbonyl (C=O) groups is 1. The Labute approximate surface area is 125 Å². The quantitative estimate of drug-likeness (QED) is 0.693. The van der Waals surface area contributed by atoms with Gasteiger partial charge >= 0.3 is 0 Å². The number of ether oxygens (including phenoxy) is 1. The average molecular weight is 292 g/mol. The molecule has 0 spiro atoms. The van der Waals surface area contributed by atoms with E-state index in [9.17, 15) is 9.90 Å². The molecule has 1 unspecified atom stereocenters. The molecule has 1 aromatic rings. The molecule has 1 aliphatic heterocycles. The summed E-state index contributed by atoms with van der Waals surface area (Å²) < 4.78 is 5.58. The highest BCUT2D eigenvalue weighted by Gasteiger charge is 2.30. The molecule has 1 fully saturated rings. The number of amides is 1. The van der Waals surface area contributed by atoms with Gasteiger partial charge < -0.3 is 20.9 Å². The molecule has 4 N–H and O–H groups in total. The molecule has 3 atom stereocenters. The van der Waals surface area contributed by atoms with Crippen molar-refractivity contribution in [2.45, 2.75) is 37.4 Å². The largest absolute Gasteiger partial charge is 0.396 e. The maximum Gasteiger partial charge on any atom is 0.249 e. The van der Waals surface area contributed by atoms with Gasteiger partial charge in [0.15, 0.2) is 0 Å². The number of aliphatic hydroxyl groups excluding tert-OH is 1. The molecule has 1 aromatic carbocycles. The van der Waals surface area contributed by atoms with Crippen LogP contribution < -0.4 is 11.1 Å². The second kappa shape index (κ2) is 8.12. The molecule has 5 nitrogen and oxygen atoms in total. The molecular weight excluding hydrogens is 268 g/mol. The lowest BCUT2D eigenvalue weighted by atomic mass is 9.96. The first kappa shape index (κ1) is 15.9. The molecule has 1 saturated heterocycles. The Balaban J connectivity index is 1.86. The van der Waals surface area contributed by atoms with Crippen LogP contribution in [-0.4, -0.2) is 42.9 Å². The number of benzene rings is 1. The van der Waals surface area contributed by atoms with Crippen LogP contribution in [0.15, 0.2) is 30.3 Å². The third-order valence-electron chi connectivity index (χ3n) is 3.93. The summed E-state index contributed by atoms with van der Waals surface area (Å²) in [4.78, 5) is 12.1. The Morgan fingerprint density at radius 1 is 1.38 bits per heavy atom. The lowest BCUT2D eigenvalue weighted by molar-refractivity contribution is -0.131. The molecular formula is C16H24N2O3. The van der Waals surface area contributed by atoms with Crippen LogP contribution in [0, 0.1) is 0 Å². The number of nitrogens with one attached hydrogen (secondary N) is 1. The number of nitrogens with two attached hydrogens (primary N) is 1. The van der Waals surface area contributed by atoms with E-state index < -0.39 is 0 Å². The maximum absolute atomic E-state index is 12.1. The van der Waals surface area contributed by atoms with Crippen molar-refractivity contribution >= 4 is 5.91 Å². The van der Waals surface area contributed by atoms with Crippen LogP contribution in [0.25, 0.3) is 0 Å². The Morgan fingerprint density at radius 3 is 2.76 bits per heavy atom. The SMILES string of the molecule is NC[C@H]1CC[C@@H](C(=O)NCC(CCO)c2ccccc2)O1. The van der Waals surface area contributed by atoms with E-state index >= 15 is 0 Å². The summed E-state index contributed by atoms with van der Waals surface area (Å²) >= 11 is 0. The molecule has 2 rings (SSSR count). The monoisotopic (exact) mass is 292 g/mol. The first-order chi connectivity index (χ1) is 10.2. The predicted molar refractivity (Wildman–Crippen MR) is 80.8 cm³/mol. The van der Waals surface area contributed by atoms with Crippen LogP contribution in [-0.2, 0) is 9.53 Å². The molecule has 116 valence electrons. The zero-order valence-electron chi connectivity index (χ0n) is 12.2. The Hall–Kier alpha value is -1.43. The predicted octanol–water partition coefficient (Wildman–Crippen LogP) is 0.775.